The molecule has 0 bridgehead atoms. The molecule has 7 heteroatoms. The van der Waals surface area contributed by atoms with Crippen molar-refractivity contribution in [3.63, 3.8) is 0 Å². The van der Waals surface area contributed by atoms with Crippen molar-refractivity contribution in [2.45, 2.75) is 6.54 Å². The normalized spacial score (nSPS) is 10.7. The van der Waals surface area contributed by atoms with Gasteiger partial charge in [-0.05, 0) is 12.1 Å². The lowest BCUT2D eigenvalue weighted by Gasteiger charge is -2.10. The number of nitrogens with zero attached hydrogens (tertiary/aromatic N) is 4. The molecule has 0 amide bonds. The predicted octanol–water partition coefficient (Wildman–Crippen LogP) is 2.43. The number of pyridine rings is 1. The molecule has 7 nitrogen and oxygen atoms in total. The lowest BCUT2D eigenvalue weighted by atomic mass is 10.1. The topological polar surface area (TPSA) is 85.9 Å². The lowest BCUT2D eigenvalue weighted by Crippen LogP contribution is -2.05. The quantitative estimate of drug-likeness (QED) is 0.587. The average Bonchev–Trinajstić information content (AvgIpc) is 2.95. The third-order valence-electron chi connectivity index (χ3n) is 3.20. The largest absolute Gasteiger partial charge is 0.373 e. The molecule has 0 fully saturated rings. The Labute approximate surface area is 120 Å². The lowest BCUT2D eigenvalue weighted by molar-refractivity contribution is -0.385. The van der Waals surface area contributed by atoms with Crippen LogP contribution in [0.15, 0.2) is 42.7 Å². The van der Waals surface area contributed by atoms with E-state index in [0.29, 0.717) is 6.54 Å². The fourth-order valence-corrected chi connectivity index (χ4v) is 2.20. The first-order valence-electron chi connectivity index (χ1n) is 6.40. The van der Waals surface area contributed by atoms with E-state index in [1.807, 2.05) is 30.3 Å². The van der Waals surface area contributed by atoms with Gasteiger partial charge in [0.1, 0.15) is 18.2 Å². The van der Waals surface area contributed by atoms with Crippen LogP contribution in [-0.2, 0) is 6.54 Å². The van der Waals surface area contributed by atoms with Crippen LogP contribution in [0.2, 0.25) is 0 Å². The molecule has 3 rings (SSSR count). The summed E-state index contributed by atoms with van der Waals surface area (Å²) >= 11 is 0. The first-order chi connectivity index (χ1) is 10.2. The smallest absolute Gasteiger partial charge is 0.307 e. The average molecular weight is 283 g/mol. The highest BCUT2D eigenvalue weighted by atomic mass is 16.6. The van der Waals surface area contributed by atoms with Crippen molar-refractivity contribution in [3.8, 4) is 0 Å². The number of benzene rings is 1. The molecule has 0 radical (unpaired) electrons. The van der Waals surface area contributed by atoms with Crippen LogP contribution in [0.1, 0.15) is 5.56 Å². The van der Waals surface area contributed by atoms with Crippen molar-refractivity contribution < 1.29 is 4.92 Å². The van der Waals surface area contributed by atoms with Gasteiger partial charge in [-0.2, -0.15) is 5.10 Å². The molecule has 0 atom stereocenters. The number of para-hydroxylation sites is 1. The summed E-state index contributed by atoms with van der Waals surface area (Å²) in [5.41, 5.74) is 1.81. The molecule has 0 unspecified atom stereocenters. The van der Waals surface area contributed by atoms with Gasteiger partial charge in [-0.25, -0.2) is 4.98 Å². The summed E-state index contributed by atoms with van der Waals surface area (Å²) in [4.78, 5) is 14.8. The zero-order valence-corrected chi connectivity index (χ0v) is 11.4. The van der Waals surface area contributed by atoms with Gasteiger partial charge in [0.2, 0.25) is 0 Å². The molecule has 2 heterocycles. The van der Waals surface area contributed by atoms with E-state index in [1.54, 1.807) is 7.05 Å². The van der Waals surface area contributed by atoms with Gasteiger partial charge in [-0.3, -0.25) is 14.8 Å². The maximum Gasteiger partial charge on any atom is 0.307 e. The first-order valence-corrected chi connectivity index (χ1v) is 6.40. The predicted molar refractivity (Wildman–Crippen MR) is 79.3 cm³/mol. The highest BCUT2D eigenvalue weighted by molar-refractivity contribution is 5.81. The highest BCUT2D eigenvalue weighted by Gasteiger charge is 2.11. The minimum absolute atomic E-state index is 0.0187. The summed E-state index contributed by atoms with van der Waals surface area (Å²) in [5.74, 6) is 0.742. The monoisotopic (exact) mass is 283 g/mol. The van der Waals surface area contributed by atoms with Crippen LogP contribution in [0.25, 0.3) is 10.9 Å². The molecule has 21 heavy (non-hydrogen) atoms. The minimum Gasteiger partial charge on any atom is -0.373 e. The van der Waals surface area contributed by atoms with Crippen LogP contribution in [0.4, 0.5) is 11.5 Å². The van der Waals surface area contributed by atoms with Crippen molar-refractivity contribution in [2.75, 3.05) is 12.4 Å². The molecule has 3 aromatic rings. The van der Waals surface area contributed by atoms with Gasteiger partial charge in [-0.1, -0.05) is 18.2 Å². The SMILES string of the molecule is CNc1nc2ccccc2cc1Cn1cc([N+](=O)[O-])cn1. The van der Waals surface area contributed by atoms with Gasteiger partial charge >= 0.3 is 5.69 Å². The number of hydrogen-bond donors (Lipinski definition) is 1. The number of rotatable bonds is 4. The third-order valence-corrected chi connectivity index (χ3v) is 3.20. The summed E-state index contributed by atoms with van der Waals surface area (Å²) < 4.78 is 1.53. The van der Waals surface area contributed by atoms with Crippen molar-refractivity contribution >= 4 is 22.4 Å². The fourth-order valence-electron chi connectivity index (χ4n) is 2.20. The van der Waals surface area contributed by atoms with Crippen molar-refractivity contribution in [2.24, 2.45) is 0 Å². The third kappa shape index (κ3) is 2.53. The number of nitrogens with one attached hydrogen (secondary N) is 1. The van der Waals surface area contributed by atoms with Crippen molar-refractivity contribution in [3.05, 3.63) is 58.4 Å². The Bertz CT molecular complexity index is 812. The molecule has 0 aliphatic heterocycles. The Morgan fingerprint density at radius 1 is 1.38 bits per heavy atom. The second kappa shape index (κ2) is 5.20. The Morgan fingerprint density at radius 3 is 2.90 bits per heavy atom. The number of aromatic nitrogens is 3. The summed E-state index contributed by atoms with van der Waals surface area (Å²) in [6.45, 7) is 0.418. The summed E-state index contributed by atoms with van der Waals surface area (Å²) in [7, 11) is 1.80. The molecule has 0 saturated heterocycles. The second-order valence-electron chi connectivity index (χ2n) is 4.59. The molecule has 0 saturated carbocycles. The van der Waals surface area contributed by atoms with Crippen molar-refractivity contribution in [1.82, 2.24) is 14.8 Å². The van der Waals surface area contributed by atoms with Gasteiger partial charge in [0, 0.05) is 18.0 Å². The number of nitro groups is 1. The first kappa shape index (κ1) is 13.0. The van der Waals surface area contributed by atoms with E-state index in [2.05, 4.69) is 15.4 Å². The number of hydrogen-bond acceptors (Lipinski definition) is 5. The Morgan fingerprint density at radius 2 is 2.19 bits per heavy atom. The van der Waals surface area contributed by atoms with Gasteiger partial charge in [0.25, 0.3) is 0 Å². The summed E-state index contributed by atoms with van der Waals surface area (Å²) in [6, 6.07) is 9.83. The highest BCUT2D eigenvalue weighted by Crippen LogP contribution is 2.21. The summed E-state index contributed by atoms with van der Waals surface area (Å²) in [6.07, 6.45) is 2.65. The molecular formula is C14H13N5O2. The fraction of sp³-hybridized carbons (Fsp3) is 0.143. The van der Waals surface area contributed by atoms with Gasteiger partial charge < -0.3 is 5.32 Å². The standard InChI is InChI=1S/C14H13N5O2/c1-15-14-11(6-10-4-2-3-5-13(10)17-14)8-18-9-12(7-16-18)19(20)21/h2-7,9H,8H2,1H3,(H,15,17). The zero-order chi connectivity index (χ0) is 14.8. The van der Waals surface area contributed by atoms with Gasteiger partial charge in [-0.15, -0.1) is 0 Å². The van der Waals surface area contributed by atoms with E-state index < -0.39 is 4.92 Å². The van der Waals surface area contributed by atoms with Gasteiger partial charge in [0.05, 0.1) is 17.0 Å². The van der Waals surface area contributed by atoms with Crippen LogP contribution in [0, 0.1) is 10.1 Å². The van der Waals surface area contributed by atoms with E-state index in [9.17, 15) is 10.1 Å². The Hall–Kier alpha value is -2.96. The van der Waals surface area contributed by atoms with E-state index in [0.717, 1.165) is 22.3 Å². The molecule has 2 aromatic heterocycles. The minimum atomic E-state index is -0.457. The maximum atomic E-state index is 10.7. The van der Waals surface area contributed by atoms with Crippen LogP contribution in [-0.4, -0.2) is 26.7 Å². The van der Waals surface area contributed by atoms with E-state index in [4.69, 9.17) is 0 Å². The molecule has 106 valence electrons. The molecule has 0 aliphatic carbocycles. The Balaban J connectivity index is 2.00. The number of fused-ring (bicyclic) bond motifs is 1. The molecular weight excluding hydrogens is 270 g/mol. The molecule has 1 aromatic carbocycles. The van der Waals surface area contributed by atoms with E-state index in [-0.39, 0.29) is 5.69 Å². The van der Waals surface area contributed by atoms with Crippen molar-refractivity contribution in [1.29, 1.82) is 0 Å². The molecule has 0 spiro atoms. The van der Waals surface area contributed by atoms with Crippen LogP contribution in [0.3, 0.4) is 0 Å². The number of anilines is 1. The van der Waals surface area contributed by atoms with Crippen LogP contribution < -0.4 is 5.32 Å². The molecule has 0 aliphatic rings. The zero-order valence-electron chi connectivity index (χ0n) is 11.4. The molecule has 1 N–H and O–H groups in total. The van der Waals surface area contributed by atoms with Crippen LogP contribution in [0.5, 0.6) is 0 Å². The van der Waals surface area contributed by atoms with E-state index in [1.165, 1.54) is 17.1 Å². The van der Waals surface area contributed by atoms with Crippen LogP contribution >= 0.6 is 0 Å². The summed E-state index contributed by atoms with van der Waals surface area (Å²) in [5, 5.41) is 18.8. The maximum absolute atomic E-state index is 10.7. The van der Waals surface area contributed by atoms with E-state index >= 15 is 0 Å². The second-order valence-corrected chi connectivity index (χ2v) is 4.59. The van der Waals surface area contributed by atoms with Gasteiger partial charge in [0.15, 0.2) is 0 Å². The Kier molecular flexibility index (Phi) is 3.23.